The summed E-state index contributed by atoms with van der Waals surface area (Å²) in [5.74, 6) is -0.230. The topological polar surface area (TPSA) is 34.1 Å². The molecule has 1 rings (SSSR count). The van der Waals surface area contributed by atoms with E-state index >= 15 is 0 Å². The van der Waals surface area contributed by atoms with Crippen molar-refractivity contribution in [2.24, 2.45) is 0 Å². The number of aldehydes is 1. The summed E-state index contributed by atoms with van der Waals surface area (Å²) >= 11 is 11.4. The molecule has 0 aliphatic heterocycles. The molecular weight excluding hydrogens is 211 g/mol. The van der Waals surface area contributed by atoms with Gasteiger partial charge in [-0.1, -0.05) is 23.2 Å². The number of benzene rings is 1. The molecule has 0 fully saturated rings. The Morgan fingerprint density at radius 3 is 2.46 bits per heavy atom. The third-order valence-corrected chi connectivity index (χ3v) is 2.12. The second-order valence-corrected chi connectivity index (χ2v) is 3.37. The van der Waals surface area contributed by atoms with Gasteiger partial charge in [0.2, 0.25) is 0 Å². The summed E-state index contributed by atoms with van der Waals surface area (Å²) in [5, 5.41) is 0.550. The molecule has 0 heterocycles. The zero-order valence-electron chi connectivity index (χ0n) is 6.80. The Bertz CT molecular complexity index is 372. The van der Waals surface area contributed by atoms with Crippen LogP contribution in [0, 0.1) is 0 Å². The Hall–Kier alpha value is -0.860. The Labute approximate surface area is 85.5 Å². The quantitative estimate of drug-likeness (QED) is 0.563. The lowest BCUT2D eigenvalue weighted by molar-refractivity contribution is 0.101. The molecule has 4 heteroatoms. The van der Waals surface area contributed by atoms with E-state index < -0.39 is 0 Å². The number of ketones is 1. The summed E-state index contributed by atoms with van der Waals surface area (Å²) in [6, 6.07) is 2.86. The highest BCUT2D eigenvalue weighted by molar-refractivity contribution is 6.37. The monoisotopic (exact) mass is 216 g/mol. The van der Waals surface area contributed by atoms with E-state index in [1.165, 1.54) is 19.1 Å². The maximum atomic E-state index is 11.1. The number of rotatable bonds is 2. The molecule has 0 aromatic heterocycles. The SMILES string of the molecule is CC(=O)c1cc(Cl)cc(Cl)c1C=O. The molecule has 68 valence electrons. The lowest BCUT2D eigenvalue weighted by atomic mass is 10.1. The van der Waals surface area contributed by atoms with Crippen LogP contribution in [0.2, 0.25) is 10.0 Å². The van der Waals surface area contributed by atoms with Crippen LogP contribution < -0.4 is 0 Å². The molecule has 0 atom stereocenters. The molecule has 13 heavy (non-hydrogen) atoms. The van der Waals surface area contributed by atoms with Gasteiger partial charge >= 0.3 is 0 Å². The summed E-state index contributed by atoms with van der Waals surface area (Å²) in [6.45, 7) is 1.36. The van der Waals surface area contributed by atoms with Gasteiger partial charge in [-0.05, 0) is 19.1 Å². The molecule has 1 aromatic rings. The first-order chi connectivity index (χ1) is 6.06. The molecule has 0 saturated heterocycles. The van der Waals surface area contributed by atoms with Crippen molar-refractivity contribution in [2.45, 2.75) is 6.92 Å². The average molecular weight is 217 g/mol. The normalized spacial score (nSPS) is 9.77. The number of halogens is 2. The van der Waals surface area contributed by atoms with E-state index in [-0.39, 0.29) is 21.9 Å². The summed E-state index contributed by atoms with van der Waals surface area (Å²) < 4.78 is 0. The largest absolute Gasteiger partial charge is 0.298 e. The van der Waals surface area contributed by atoms with Gasteiger partial charge in [0.1, 0.15) is 0 Å². The molecule has 0 radical (unpaired) electrons. The van der Waals surface area contributed by atoms with Crippen LogP contribution in [0.15, 0.2) is 12.1 Å². The first kappa shape index (κ1) is 10.2. The summed E-state index contributed by atoms with van der Waals surface area (Å²) in [5.41, 5.74) is 0.450. The van der Waals surface area contributed by atoms with Crippen molar-refractivity contribution in [3.8, 4) is 0 Å². The number of hydrogen-bond donors (Lipinski definition) is 0. The lowest BCUT2D eigenvalue weighted by Crippen LogP contribution is -1.99. The summed E-state index contributed by atoms with van der Waals surface area (Å²) in [7, 11) is 0. The molecule has 0 N–H and O–H groups in total. The van der Waals surface area contributed by atoms with Gasteiger partial charge in [-0.25, -0.2) is 0 Å². The predicted molar refractivity (Wildman–Crippen MR) is 51.9 cm³/mol. The molecule has 0 aliphatic carbocycles. The van der Waals surface area contributed by atoms with Crippen molar-refractivity contribution in [1.82, 2.24) is 0 Å². The van der Waals surface area contributed by atoms with Gasteiger partial charge < -0.3 is 0 Å². The Morgan fingerprint density at radius 1 is 1.38 bits per heavy atom. The smallest absolute Gasteiger partial charge is 0.160 e. The van der Waals surface area contributed by atoms with E-state index in [0.29, 0.717) is 11.3 Å². The zero-order valence-corrected chi connectivity index (χ0v) is 8.32. The van der Waals surface area contributed by atoms with Gasteiger partial charge in [0.15, 0.2) is 12.1 Å². The number of Topliss-reactive ketones (excluding diaryl/α,β-unsaturated/α-hetero) is 1. The summed E-state index contributed by atoms with van der Waals surface area (Å²) in [6.07, 6.45) is 0.551. The highest BCUT2D eigenvalue weighted by Crippen LogP contribution is 2.24. The fraction of sp³-hybridized carbons (Fsp3) is 0.111. The highest BCUT2D eigenvalue weighted by atomic mass is 35.5. The number of carbonyl (C=O) groups excluding carboxylic acids is 2. The van der Waals surface area contributed by atoms with Crippen LogP contribution in [-0.4, -0.2) is 12.1 Å². The molecule has 0 spiro atoms. The maximum Gasteiger partial charge on any atom is 0.160 e. The van der Waals surface area contributed by atoms with Gasteiger partial charge in [-0.15, -0.1) is 0 Å². The van der Waals surface area contributed by atoms with Crippen LogP contribution in [0.3, 0.4) is 0 Å². The molecule has 0 aliphatic rings. The van der Waals surface area contributed by atoms with E-state index in [2.05, 4.69) is 0 Å². The standard InChI is InChI=1S/C9H6Cl2O2/c1-5(13)7-2-6(10)3-9(11)8(7)4-12/h2-4H,1H3. The molecular formula is C9H6Cl2O2. The Balaban J connectivity index is 3.46. The van der Waals surface area contributed by atoms with Crippen LogP contribution in [0.5, 0.6) is 0 Å². The minimum Gasteiger partial charge on any atom is -0.298 e. The van der Waals surface area contributed by atoms with Crippen LogP contribution in [0.4, 0.5) is 0 Å². The van der Waals surface area contributed by atoms with Crippen molar-refractivity contribution in [3.05, 3.63) is 33.3 Å². The predicted octanol–water partition coefficient (Wildman–Crippen LogP) is 3.01. The van der Waals surface area contributed by atoms with Gasteiger partial charge in [0.25, 0.3) is 0 Å². The lowest BCUT2D eigenvalue weighted by Gasteiger charge is -2.03. The third-order valence-electron chi connectivity index (χ3n) is 1.59. The van der Waals surface area contributed by atoms with Crippen LogP contribution in [0.1, 0.15) is 27.6 Å². The Morgan fingerprint density at radius 2 is 2.00 bits per heavy atom. The zero-order chi connectivity index (χ0) is 10.0. The second kappa shape index (κ2) is 3.90. The Kier molecular flexibility index (Phi) is 3.07. The van der Waals surface area contributed by atoms with Gasteiger partial charge in [-0.3, -0.25) is 9.59 Å². The maximum absolute atomic E-state index is 11.1. The molecule has 0 amide bonds. The van der Waals surface area contributed by atoms with Crippen molar-refractivity contribution in [3.63, 3.8) is 0 Å². The summed E-state index contributed by atoms with van der Waals surface area (Å²) in [4.78, 5) is 21.6. The van der Waals surface area contributed by atoms with Gasteiger partial charge in [-0.2, -0.15) is 0 Å². The van der Waals surface area contributed by atoms with Crippen LogP contribution in [0.25, 0.3) is 0 Å². The number of carbonyl (C=O) groups is 2. The average Bonchev–Trinajstić information content (AvgIpc) is 2.02. The van der Waals surface area contributed by atoms with Gasteiger partial charge in [0, 0.05) is 16.1 Å². The second-order valence-electron chi connectivity index (χ2n) is 2.52. The number of hydrogen-bond acceptors (Lipinski definition) is 2. The first-order valence-electron chi connectivity index (χ1n) is 3.51. The molecule has 1 aromatic carbocycles. The molecule has 0 bridgehead atoms. The van der Waals surface area contributed by atoms with Crippen molar-refractivity contribution >= 4 is 35.3 Å². The fourth-order valence-electron chi connectivity index (χ4n) is 0.996. The van der Waals surface area contributed by atoms with E-state index in [4.69, 9.17) is 23.2 Å². The van der Waals surface area contributed by atoms with E-state index in [1.54, 1.807) is 0 Å². The van der Waals surface area contributed by atoms with E-state index in [0.717, 1.165) is 0 Å². The van der Waals surface area contributed by atoms with Crippen molar-refractivity contribution < 1.29 is 9.59 Å². The van der Waals surface area contributed by atoms with Crippen molar-refractivity contribution in [1.29, 1.82) is 0 Å². The molecule has 2 nitrogen and oxygen atoms in total. The fourth-order valence-corrected chi connectivity index (χ4v) is 1.53. The minimum atomic E-state index is -0.230. The van der Waals surface area contributed by atoms with Crippen LogP contribution in [-0.2, 0) is 0 Å². The minimum absolute atomic E-state index is 0.193. The molecule has 0 unspecified atom stereocenters. The molecule has 0 saturated carbocycles. The third kappa shape index (κ3) is 2.08. The van der Waals surface area contributed by atoms with E-state index in [1.807, 2.05) is 0 Å². The van der Waals surface area contributed by atoms with E-state index in [9.17, 15) is 9.59 Å². The van der Waals surface area contributed by atoms with Gasteiger partial charge in [0.05, 0.1) is 5.02 Å². The first-order valence-corrected chi connectivity index (χ1v) is 4.27. The van der Waals surface area contributed by atoms with Crippen molar-refractivity contribution in [2.75, 3.05) is 0 Å². The highest BCUT2D eigenvalue weighted by Gasteiger charge is 2.11. The van der Waals surface area contributed by atoms with Crippen LogP contribution >= 0.6 is 23.2 Å².